The summed E-state index contributed by atoms with van der Waals surface area (Å²) in [7, 11) is 3.91. The number of nitrogens with zero attached hydrogens (tertiary/aromatic N) is 2. The summed E-state index contributed by atoms with van der Waals surface area (Å²) in [4.78, 5) is 6.28. The van der Waals surface area contributed by atoms with E-state index in [4.69, 9.17) is 10.5 Å². The van der Waals surface area contributed by atoms with Gasteiger partial charge in [-0.2, -0.15) is 13.2 Å². The van der Waals surface area contributed by atoms with Crippen LogP contribution in [0, 0.1) is 0 Å². The summed E-state index contributed by atoms with van der Waals surface area (Å²) in [6, 6.07) is 12.7. The molecule has 2 N–H and O–H groups in total. The van der Waals surface area contributed by atoms with E-state index in [1.807, 2.05) is 43.3 Å². The molecule has 0 radical (unpaired) electrons. The van der Waals surface area contributed by atoms with Crippen molar-refractivity contribution in [3.8, 4) is 22.1 Å². The highest BCUT2D eigenvalue weighted by atomic mass is 32.1. The van der Waals surface area contributed by atoms with Gasteiger partial charge in [-0.15, -0.1) is 0 Å². The zero-order chi connectivity index (χ0) is 19.6. The van der Waals surface area contributed by atoms with E-state index in [-0.39, 0.29) is 15.9 Å². The van der Waals surface area contributed by atoms with E-state index >= 15 is 0 Å². The van der Waals surface area contributed by atoms with Gasteiger partial charge in [0, 0.05) is 12.1 Å². The van der Waals surface area contributed by atoms with Crippen molar-refractivity contribution >= 4 is 16.5 Å². The molecule has 0 saturated heterocycles. The third kappa shape index (κ3) is 4.58. The molecule has 27 heavy (non-hydrogen) atoms. The summed E-state index contributed by atoms with van der Waals surface area (Å²) in [5, 5.41) is 0.453. The molecular weight excluding hydrogens is 375 g/mol. The number of hydrogen-bond donors (Lipinski definition) is 1. The number of halogens is 3. The molecule has 0 spiro atoms. The summed E-state index contributed by atoms with van der Waals surface area (Å²) in [6.07, 6.45) is -4.52. The zero-order valence-electron chi connectivity index (χ0n) is 14.7. The van der Waals surface area contributed by atoms with Gasteiger partial charge in [0.2, 0.25) is 5.06 Å². The second-order valence-corrected chi connectivity index (χ2v) is 7.22. The van der Waals surface area contributed by atoms with Gasteiger partial charge in [0.25, 0.3) is 0 Å². The first-order valence-corrected chi connectivity index (χ1v) is 8.90. The number of alkyl halides is 3. The maximum Gasteiger partial charge on any atom is 0.419 e. The first kappa shape index (κ1) is 19.2. The van der Waals surface area contributed by atoms with Crippen LogP contribution in [0.4, 0.5) is 18.3 Å². The van der Waals surface area contributed by atoms with Crippen LogP contribution < -0.4 is 10.5 Å². The van der Waals surface area contributed by atoms with Crippen LogP contribution in [0.2, 0.25) is 0 Å². The molecule has 2 aromatic carbocycles. The van der Waals surface area contributed by atoms with Crippen molar-refractivity contribution in [2.75, 3.05) is 19.8 Å². The number of nitrogen functional groups attached to an aromatic ring is 1. The maximum absolute atomic E-state index is 13.2. The van der Waals surface area contributed by atoms with E-state index in [9.17, 15) is 13.2 Å². The number of aromatic nitrogens is 1. The minimum absolute atomic E-state index is 0.225. The third-order valence-corrected chi connectivity index (χ3v) is 4.47. The Bertz CT molecular complexity index is 938. The van der Waals surface area contributed by atoms with Crippen LogP contribution >= 0.6 is 11.3 Å². The van der Waals surface area contributed by atoms with Crippen LogP contribution in [0.1, 0.15) is 11.1 Å². The summed E-state index contributed by atoms with van der Waals surface area (Å²) >= 11 is 1.01. The second kappa shape index (κ2) is 7.58. The van der Waals surface area contributed by atoms with Crippen molar-refractivity contribution in [3.05, 3.63) is 59.7 Å². The largest absolute Gasteiger partial charge is 0.444 e. The number of nitrogens with two attached hydrogens (primary N) is 1. The fraction of sp³-hybridized carbons (Fsp3) is 0.211. The van der Waals surface area contributed by atoms with Crippen molar-refractivity contribution in [1.29, 1.82) is 0 Å². The average molecular weight is 393 g/mol. The molecule has 3 rings (SSSR count). The molecule has 1 heterocycles. The predicted molar refractivity (Wildman–Crippen MR) is 101 cm³/mol. The standard InChI is InChI=1S/C19H18F3N3OS/c1-25(2)11-12-6-5-7-13(10-12)16-17(27-18(23)24-16)26-15-9-4-3-8-14(15)19(20,21)22/h3-10H,11H2,1-2H3,(H2,23,24). The van der Waals surface area contributed by atoms with Crippen LogP contribution in [0.3, 0.4) is 0 Å². The van der Waals surface area contributed by atoms with Crippen LogP contribution in [0.15, 0.2) is 48.5 Å². The Labute approximate surface area is 159 Å². The lowest BCUT2D eigenvalue weighted by Crippen LogP contribution is -2.10. The monoisotopic (exact) mass is 393 g/mol. The predicted octanol–water partition coefficient (Wildman–Crippen LogP) is 5.27. The second-order valence-electron chi connectivity index (χ2n) is 6.22. The molecule has 0 atom stereocenters. The zero-order valence-corrected chi connectivity index (χ0v) is 15.6. The number of rotatable bonds is 5. The molecule has 142 valence electrons. The first-order chi connectivity index (χ1) is 12.7. The molecule has 0 unspecified atom stereocenters. The van der Waals surface area contributed by atoms with Crippen LogP contribution in [0.5, 0.6) is 10.8 Å². The van der Waals surface area contributed by atoms with Crippen molar-refractivity contribution in [2.24, 2.45) is 0 Å². The Balaban J connectivity index is 1.99. The molecule has 0 fully saturated rings. The van der Waals surface area contributed by atoms with E-state index in [1.165, 1.54) is 18.2 Å². The quantitative estimate of drug-likeness (QED) is 0.642. The SMILES string of the molecule is CN(C)Cc1cccc(-c2nc(N)sc2Oc2ccccc2C(F)(F)F)c1. The van der Waals surface area contributed by atoms with Gasteiger partial charge in [-0.1, -0.05) is 41.7 Å². The maximum atomic E-state index is 13.2. The van der Waals surface area contributed by atoms with E-state index in [0.717, 1.165) is 35.1 Å². The Morgan fingerprint density at radius 3 is 2.56 bits per heavy atom. The number of benzene rings is 2. The van der Waals surface area contributed by atoms with Crippen LogP contribution in [-0.4, -0.2) is 24.0 Å². The highest BCUT2D eigenvalue weighted by molar-refractivity contribution is 7.17. The lowest BCUT2D eigenvalue weighted by molar-refractivity contribution is -0.138. The highest BCUT2D eigenvalue weighted by Crippen LogP contribution is 2.43. The van der Waals surface area contributed by atoms with E-state index in [0.29, 0.717) is 5.69 Å². The number of anilines is 1. The van der Waals surface area contributed by atoms with Gasteiger partial charge in [0.1, 0.15) is 11.4 Å². The van der Waals surface area contributed by atoms with Crippen molar-refractivity contribution in [3.63, 3.8) is 0 Å². The van der Waals surface area contributed by atoms with E-state index in [2.05, 4.69) is 4.98 Å². The number of hydrogen-bond acceptors (Lipinski definition) is 5. The Morgan fingerprint density at radius 2 is 1.85 bits per heavy atom. The topological polar surface area (TPSA) is 51.4 Å². The van der Waals surface area contributed by atoms with E-state index in [1.54, 1.807) is 0 Å². The third-order valence-electron chi connectivity index (χ3n) is 3.71. The van der Waals surface area contributed by atoms with Crippen LogP contribution in [0.25, 0.3) is 11.3 Å². The number of para-hydroxylation sites is 1. The minimum atomic E-state index is -4.52. The Morgan fingerprint density at radius 1 is 1.11 bits per heavy atom. The molecule has 0 aliphatic rings. The fourth-order valence-electron chi connectivity index (χ4n) is 2.65. The molecule has 0 amide bonds. The van der Waals surface area contributed by atoms with Gasteiger partial charge >= 0.3 is 6.18 Å². The fourth-order valence-corrected chi connectivity index (χ4v) is 3.36. The average Bonchev–Trinajstić information content (AvgIpc) is 2.94. The Kier molecular flexibility index (Phi) is 5.38. The summed E-state index contributed by atoms with van der Waals surface area (Å²) in [5.74, 6) is -0.278. The van der Waals surface area contributed by atoms with Gasteiger partial charge in [0.15, 0.2) is 5.13 Å². The summed E-state index contributed by atoms with van der Waals surface area (Å²) in [5.41, 5.74) is 7.18. The molecule has 0 saturated carbocycles. The lowest BCUT2D eigenvalue weighted by atomic mass is 10.1. The Hall–Kier alpha value is -2.58. The van der Waals surface area contributed by atoms with Crippen LogP contribution in [-0.2, 0) is 12.7 Å². The normalized spacial score (nSPS) is 11.8. The van der Waals surface area contributed by atoms with Gasteiger partial charge in [-0.05, 0) is 37.9 Å². The minimum Gasteiger partial charge on any atom is -0.444 e. The summed E-state index contributed by atoms with van der Waals surface area (Å²) < 4.78 is 45.3. The number of ether oxygens (including phenoxy) is 1. The van der Waals surface area contributed by atoms with Crippen molar-refractivity contribution in [1.82, 2.24) is 9.88 Å². The molecule has 0 bridgehead atoms. The van der Waals surface area contributed by atoms with E-state index < -0.39 is 11.7 Å². The smallest absolute Gasteiger partial charge is 0.419 e. The van der Waals surface area contributed by atoms with Crippen molar-refractivity contribution < 1.29 is 17.9 Å². The lowest BCUT2D eigenvalue weighted by Gasteiger charge is -2.13. The van der Waals surface area contributed by atoms with Gasteiger partial charge in [-0.3, -0.25) is 0 Å². The van der Waals surface area contributed by atoms with Crippen molar-refractivity contribution in [2.45, 2.75) is 12.7 Å². The molecule has 3 aromatic rings. The molecular formula is C19H18F3N3OS. The van der Waals surface area contributed by atoms with Gasteiger partial charge < -0.3 is 15.4 Å². The molecule has 1 aromatic heterocycles. The molecule has 8 heteroatoms. The molecule has 4 nitrogen and oxygen atoms in total. The highest BCUT2D eigenvalue weighted by Gasteiger charge is 2.34. The molecule has 0 aliphatic heterocycles. The molecule has 0 aliphatic carbocycles. The van der Waals surface area contributed by atoms with Gasteiger partial charge in [-0.25, -0.2) is 4.98 Å². The first-order valence-electron chi connectivity index (χ1n) is 8.08. The summed E-state index contributed by atoms with van der Waals surface area (Å²) in [6.45, 7) is 0.723. The number of thiazole rings is 1. The van der Waals surface area contributed by atoms with Gasteiger partial charge in [0.05, 0.1) is 5.56 Å².